The molecule has 1 fully saturated rings. The molecule has 188 valence electrons. The Morgan fingerprint density at radius 1 is 0.833 bits per heavy atom. The van der Waals surface area contributed by atoms with Crippen LogP contribution in [0, 0.1) is 0 Å². The molecule has 8 heteroatoms. The third-order valence-corrected chi connectivity index (χ3v) is 6.87. The molecule has 0 spiro atoms. The molecule has 0 radical (unpaired) electrons. The van der Waals surface area contributed by atoms with Crippen molar-refractivity contribution >= 4 is 35.0 Å². The number of anilines is 2. The van der Waals surface area contributed by atoms with Crippen LogP contribution in [0.25, 0.3) is 0 Å². The fourth-order valence-corrected chi connectivity index (χ4v) is 4.90. The number of carbonyl (C=O) groups is 2. The third-order valence-electron chi connectivity index (χ3n) is 5.73. The van der Waals surface area contributed by atoms with Gasteiger partial charge in [0, 0.05) is 47.9 Å². The van der Waals surface area contributed by atoms with Crippen molar-refractivity contribution in [3.05, 3.63) is 89.5 Å². The zero-order valence-corrected chi connectivity index (χ0v) is 21.1. The minimum atomic E-state index is -0.555. The number of hydrogen-bond donors (Lipinski definition) is 3. The maximum atomic E-state index is 11.3. The Morgan fingerprint density at radius 3 is 1.94 bits per heavy atom. The van der Waals surface area contributed by atoms with Crippen LogP contribution in [0.5, 0.6) is 0 Å². The number of thioether (sulfide) groups is 1. The topological polar surface area (TPSA) is 96.9 Å². The Morgan fingerprint density at radius 2 is 1.39 bits per heavy atom. The highest BCUT2D eigenvalue weighted by molar-refractivity contribution is 7.99. The van der Waals surface area contributed by atoms with Gasteiger partial charge in [0.15, 0.2) is 6.29 Å². The van der Waals surface area contributed by atoms with Crippen LogP contribution in [-0.4, -0.2) is 28.8 Å². The molecule has 1 heterocycles. The first-order valence-electron chi connectivity index (χ1n) is 11.8. The number of aliphatic hydroxyl groups is 1. The number of nitrogens with one attached hydrogen (secondary N) is 2. The average Bonchev–Trinajstić information content (AvgIpc) is 2.88. The largest absolute Gasteiger partial charge is 0.392 e. The van der Waals surface area contributed by atoms with E-state index in [-0.39, 0.29) is 30.6 Å². The highest BCUT2D eigenvalue weighted by Crippen LogP contribution is 2.39. The molecule has 1 aliphatic heterocycles. The van der Waals surface area contributed by atoms with Gasteiger partial charge in [0.2, 0.25) is 11.8 Å². The molecule has 2 amide bonds. The fraction of sp³-hybridized carbons (Fsp3) is 0.286. The smallest absolute Gasteiger partial charge is 0.221 e. The maximum Gasteiger partial charge on any atom is 0.221 e. The van der Waals surface area contributed by atoms with E-state index < -0.39 is 6.29 Å². The number of hydrogen-bond acceptors (Lipinski definition) is 6. The van der Waals surface area contributed by atoms with Crippen molar-refractivity contribution in [3.8, 4) is 0 Å². The summed E-state index contributed by atoms with van der Waals surface area (Å²) in [5.41, 5.74) is 4.24. The second-order valence-corrected chi connectivity index (χ2v) is 9.76. The van der Waals surface area contributed by atoms with E-state index in [0.717, 1.165) is 33.0 Å². The van der Waals surface area contributed by atoms with Gasteiger partial charge < -0.3 is 25.2 Å². The summed E-state index contributed by atoms with van der Waals surface area (Å²) in [6.45, 7) is 2.96. The molecule has 3 atom stereocenters. The summed E-state index contributed by atoms with van der Waals surface area (Å²) in [6, 6.07) is 23.0. The van der Waals surface area contributed by atoms with E-state index >= 15 is 0 Å². The van der Waals surface area contributed by atoms with E-state index in [4.69, 9.17) is 9.47 Å². The van der Waals surface area contributed by atoms with Gasteiger partial charge in [-0.3, -0.25) is 9.59 Å². The SMILES string of the molecule is CC(=O)Nc1ccc(SC[C@H]2C[C@@H](c3ccc(CO)cc3)O[C@@H](c3ccc(NC(C)=O)cc3)O2)cc1. The van der Waals surface area contributed by atoms with Crippen LogP contribution in [0.4, 0.5) is 11.4 Å². The van der Waals surface area contributed by atoms with E-state index in [9.17, 15) is 14.7 Å². The highest BCUT2D eigenvalue weighted by atomic mass is 32.2. The number of benzene rings is 3. The molecule has 7 nitrogen and oxygen atoms in total. The van der Waals surface area contributed by atoms with E-state index in [2.05, 4.69) is 10.6 Å². The van der Waals surface area contributed by atoms with Crippen molar-refractivity contribution in [2.75, 3.05) is 16.4 Å². The van der Waals surface area contributed by atoms with Gasteiger partial charge in [-0.25, -0.2) is 0 Å². The number of ether oxygens (including phenoxy) is 2. The Bertz CT molecular complexity index is 1170. The lowest BCUT2D eigenvalue weighted by atomic mass is 10.0. The summed E-state index contributed by atoms with van der Waals surface area (Å²) in [5, 5.41) is 14.9. The second kappa shape index (κ2) is 12.2. The molecule has 0 bridgehead atoms. The number of amides is 2. The summed E-state index contributed by atoms with van der Waals surface area (Å²) in [6.07, 6.45) is -0.100. The zero-order valence-electron chi connectivity index (χ0n) is 20.3. The molecule has 3 aromatic rings. The standard InChI is InChI=1S/C28H30N2O5S/c1-18(32)29-23-9-7-22(8-10-23)28-34-25(15-27(35-28)21-5-3-20(16-31)4-6-21)17-36-26-13-11-24(12-14-26)30-19(2)33/h3-14,25,27-28,31H,15-17H2,1-2H3,(H,29,32)(H,30,33)/t25-,27+,28+/m1/s1. The Kier molecular flexibility index (Phi) is 8.77. The van der Waals surface area contributed by atoms with Crippen molar-refractivity contribution < 1.29 is 24.2 Å². The summed E-state index contributed by atoms with van der Waals surface area (Å²) in [7, 11) is 0. The van der Waals surface area contributed by atoms with Gasteiger partial charge in [0.05, 0.1) is 18.8 Å². The van der Waals surface area contributed by atoms with Crippen LogP contribution in [0.15, 0.2) is 77.7 Å². The van der Waals surface area contributed by atoms with Crippen LogP contribution in [0.2, 0.25) is 0 Å². The predicted octanol–water partition coefficient (Wildman–Crippen LogP) is 5.43. The molecule has 0 aliphatic carbocycles. The normalized spacial score (nSPS) is 19.5. The van der Waals surface area contributed by atoms with E-state index in [1.54, 1.807) is 11.8 Å². The summed E-state index contributed by atoms with van der Waals surface area (Å²) in [4.78, 5) is 23.7. The van der Waals surface area contributed by atoms with Crippen molar-refractivity contribution in [2.45, 2.75) is 50.3 Å². The van der Waals surface area contributed by atoms with Gasteiger partial charge in [0.25, 0.3) is 0 Å². The van der Waals surface area contributed by atoms with Crippen molar-refractivity contribution in [2.24, 2.45) is 0 Å². The van der Waals surface area contributed by atoms with Gasteiger partial charge in [-0.1, -0.05) is 36.4 Å². The minimum absolute atomic E-state index is 0.00181. The second-order valence-electron chi connectivity index (χ2n) is 8.67. The van der Waals surface area contributed by atoms with Crippen LogP contribution in [0.1, 0.15) is 49.4 Å². The monoisotopic (exact) mass is 506 g/mol. The number of rotatable bonds is 8. The summed E-state index contributed by atoms with van der Waals surface area (Å²) < 4.78 is 12.7. The van der Waals surface area contributed by atoms with Crippen molar-refractivity contribution in [1.29, 1.82) is 0 Å². The molecule has 1 saturated heterocycles. The Hall–Kier alpha value is -3.17. The fourth-order valence-electron chi connectivity index (χ4n) is 3.98. The molecule has 1 aliphatic rings. The molecular formula is C28H30N2O5S. The first-order chi connectivity index (χ1) is 17.4. The van der Waals surface area contributed by atoms with Crippen LogP contribution in [-0.2, 0) is 25.7 Å². The predicted molar refractivity (Wildman–Crippen MR) is 141 cm³/mol. The van der Waals surface area contributed by atoms with Crippen LogP contribution >= 0.6 is 11.8 Å². The lowest BCUT2D eigenvalue weighted by Gasteiger charge is -2.36. The minimum Gasteiger partial charge on any atom is -0.392 e. The van der Waals surface area contributed by atoms with Gasteiger partial charge in [-0.05, 0) is 47.5 Å². The molecule has 4 rings (SSSR count). The zero-order chi connectivity index (χ0) is 25.5. The Labute approximate surface area is 215 Å². The van der Waals surface area contributed by atoms with E-state index in [0.29, 0.717) is 12.1 Å². The molecule has 0 unspecified atom stereocenters. The summed E-state index contributed by atoms with van der Waals surface area (Å²) >= 11 is 1.69. The average molecular weight is 507 g/mol. The molecule has 36 heavy (non-hydrogen) atoms. The first kappa shape index (κ1) is 25.9. The molecule has 3 N–H and O–H groups in total. The first-order valence-corrected chi connectivity index (χ1v) is 12.8. The highest BCUT2D eigenvalue weighted by Gasteiger charge is 2.32. The van der Waals surface area contributed by atoms with Crippen LogP contribution < -0.4 is 10.6 Å². The summed E-state index contributed by atoms with van der Waals surface area (Å²) in [5.74, 6) is 0.510. The number of carbonyl (C=O) groups excluding carboxylic acids is 2. The number of aliphatic hydroxyl groups excluding tert-OH is 1. The van der Waals surface area contributed by atoms with E-state index in [1.807, 2.05) is 72.8 Å². The van der Waals surface area contributed by atoms with Crippen LogP contribution in [0.3, 0.4) is 0 Å². The van der Waals surface area contributed by atoms with Gasteiger partial charge in [-0.2, -0.15) is 0 Å². The van der Waals surface area contributed by atoms with Gasteiger partial charge in [0.1, 0.15) is 0 Å². The Balaban J connectivity index is 1.48. The molecule has 0 saturated carbocycles. The lowest BCUT2D eigenvalue weighted by Crippen LogP contribution is -2.31. The van der Waals surface area contributed by atoms with Gasteiger partial charge in [-0.15, -0.1) is 11.8 Å². The van der Waals surface area contributed by atoms with Crippen molar-refractivity contribution in [1.82, 2.24) is 0 Å². The van der Waals surface area contributed by atoms with Gasteiger partial charge >= 0.3 is 0 Å². The quantitative estimate of drug-likeness (QED) is 0.353. The maximum absolute atomic E-state index is 11.3. The molecular weight excluding hydrogens is 476 g/mol. The lowest BCUT2D eigenvalue weighted by molar-refractivity contribution is -0.245. The molecule has 0 aromatic heterocycles. The molecule has 3 aromatic carbocycles. The van der Waals surface area contributed by atoms with Crippen molar-refractivity contribution in [3.63, 3.8) is 0 Å². The third kappa shape index (κ3) is 7.18. The van der Waals surface area contributed by atoms with E-state index in [1.165, 1.54) is 13.8 Å².